The van der Waals surface area contributed by atoms with Crippen LogP contribution in [0.2, 0.25) is 8.67 Å². The van der Waals surface area contributed by atoms with E-state index in [0.29, 0.717) is 20.0 Å². The van der Waals surface area contributed by atoms with Crippen molar-refractivity contribution in [2.75, 3.05) is 4.31 Å². The van der Waals surface area contributed by atoms with Gasteiger partial charge in [-0.1, -0.05) is 41.4 Å². The van der Waals surface area contributed by atoms with Crippen molar-refractivity contribution >= 4 is 57.2 Å². The number of hydrogen-bond donors (Lipinski definition) is 1. The molecule has 0 radical (unpaired) electrons. The smallest absolute Gasteiger partial charge is 0.266 e. The van der Waals surface area contributed by atoms with Crippen LogP contribution in [0.5, 0.6) is 0 Å². The van der Waals surface area contributed by atoms with E-state index in [1.165, 1.54) is 4.31 Å². The Kier molecular flexibility index (Phi) is 4.06. The van der Waals surface area contributed by atoms with Crippen LogP contribution in [0, 0.1) is 0 Å². The number of hydrogen-bond acceptors (Lipinski definition) is 2. The molecule has 7 heteroatoms. The van der Waals surface area contributed by atoms with Crippen molar-refractivity contribution in [3.05, 3.63) is 45.1 Å². The lowest BCUT2D eigenvalue weighted by atomic mass is 10.3. The summed E-state index contributed by atoms with van der Waals surface area (Å²) in [5, 5.41) is 0. The topological polar surface area (TPSA) is 40.5 Å². The maximum absolute atomic E-state index is 11.4. The van der Waals surface area contributed by atoms with Crippen molar-refractivity contribution in [1.82, 2.24) is 0 Å². The summed E-state index contributed by atoms with van der Waals surface area (Å²) >= 11 is 10.8. The van der Waals surface area contributed by atoms with Crippen LogP contribution in [0.25, 0.3) is 0 Å². The van der Waals surface area contributed by atoms with Crippen LogP contribution in [-0.4, -0.2) is 8.76 Å². The average molecular weight is 308 g/mol. The molecule has 17 heavy (non-hydrogen) atoms. The SMILES string of the molecule is O=S(O)N(c1ccccc1)c1cc(Cl)sc1Cl. The lowest BCUT2D eigenvalue weighted by molar-refractivity contribution is 0.564. The summed E-state index contributed by atoms with van der Waals surface area (Å²) in [6, 6.07) is 10.4. The fraction of sp³-hybridized carbons (Fsp3) is 0. The van der Waals surface area contributed by atoms with Crippen LogP contribution in [0.4, 0.5) is 11.4 Å². The minimum absolute atomic E-state index is 0.376. The van der Waals surface area contributed by atoms with E-state index in [9.17, 15) is 8.76 Å². The van der Waals surface area contributed by atoms with Crippen LogP contribution >= 0.6 is 34.5 Å². The molecule has 0 fully saturated rings. The van der Waals surface area contributed by atoms with E-state index < -0.39 is 11.3 Å². The largest absolute Gasteiger partial charge is 0.289 e. The molecule has 0 aliphatic heterocycles. The fourth-order valence-electron chi connectivity index (χ4n) is 1.35. The lowest BCUT2D eigenvalue weighted by Gasteiger charge is -2.18. The van der Waals surface area contributed by atoms with E-state index >= 15 is 0 Å². The van der Waals surface area contributed by atoms with E-state index in [0.717, 1.165) is 11.3 Å². The molecule has 1 N–H and O–H groups in total. The molecule has 1 heterocycles. The highest BCUT2D eigenvalue weighted by atomic mass is 35.5. The third-order valence-electron chi connectivity index (χ3n) is 2.00. The van der Waals surface area contributed by atoms with Gasteiger partial charge in [0, 0.05) is 0 Å². The molecule has 0 bridgehead atoms. The van der Waals surface area contributed by atoms with E-state index in [1.54, 1.807) is 30.3 Å². The molecule has 0 aliphatic carbocycles. The maximum Gasteiger partial charge on any atom is 0.266 e. The molecule has 2 rings (SSSR count). The van der Waals surface area contributed by atoms with E-state index in [2.05, 4.69) is 0 Å². The first-order valence-corrected chi connectivity index (χ1v) is 7.14. The zero-order valence-electron chi connectivity index (χ0n) is 8.34. The summed E-state index contributed by atoms with van der Waals surface area (Å²) in [6.45, 7) is 0. The molecule has 0 amide bonds. The third-order valence-corrected chi connectivity index (χ3v) is 4.19. The summed E-state index contributed by atoms with van der Waals surface area (Å²) < 4.78 is 22.8. The van der Waals surface area contributed by atoms with Crippen LogP contribution < -0.4 is 4.31 Å². The minimum atomic E-state index is -2.21. The Morgan fingerprint density at radius 1 is 1.24 bits per heavy atom. The molecule has 0 spiro atoms. The Labute approximate surface area is 115 Å². The van der Waals surface area contributed by atoms with Gasteiger partial charge in [-0.2, -0.15) is 0 Å². The Hall–Kier alpha value is -0.590. The zero-order valence-corrected chi connectivity index (χ0v) is 11.5. The zero-order chi connectivity index (χ0) is 12.4. The Morgan fingerprint density at radius 2 is 1.88 bits per heavy atom. The number of rotatable bonds is 3. The highest BCUT2D eigenvalue weighted by Gasteiger charge is 2.20. The van der Waals surface area contributed by atoms with Gasteiger partial charge in [0.15, 0.2) is 0 Å². The second-order valence-electron chi connectivity index (χ2n) is 3.07. The Morgan fingerprint density at radius 3 is 2.35 bits per heavy atom. The molecule has 2 aromatic rings. The molecule has 90 valence electrons. The van der Waals surface area contributed by atoms with Gasteiger partial charge in [-0.3, -0.25) is 4.55 Å². The molecule has 1 aromatic heterocycles. The quantitative estimate of drug-likeness (QED) is 0.857. The molecule has 0 aliphatic rings. The first-order valence-electron chi connectivity index (χ1n) is 4.50. The van der Waals surface area contributed by atoms with Crippen molar-refractivity contribution in [2.24, 2.45) is 0 Å². The number of thiophene rings is 1. The van der Waals surface area contributed by atoms with Gasteiger partial charge in [0.05, 0.1) is 15.7 Å². The third kappa shape index (κ3) is 2.81. The van der Waals surface area contributed by atoms with Gasteiger partial charge in [-0.25, -0.2) is 8.51 Å². The highest BCUT2D eigenvalue weighted by molar-refractivity contribution is 7.81. The van der Waals surface area contributed by atoms with Crippen molar-refractivity contribution in [2.45, 2.75) is 0 Å². The van der Waals surface area contributed by atoms with Gasteiger partial charge in [0.2, 0.25) is 0 Å². The van der Waals surface area contributed by atoms with Gasteiger partial charge in [-0.05, 0) is 18.2 Å². The van der Waals surface area contributed by atoms with Crippen LogP contribution in [-0.2, 0) is 11.3 Å². The summed E-state index contributed by atoms with van der Waals surface area (Å²) in [4.78, 5) is 0. The van der Waals surface area contributed by atoms with Gasteiger partial charge in [0.25, 0.3) is 11.3 Å². The first kappa shape index (κ1) is 12.9. The summed E-state index contributed by atoms with van der Waals surface area (Å²) in [5.41, 5.74) is 0.999. The second-order valence-corrected chi connectivity index (χ2v) is 6.18. The molecule has 3 nitrogen and oxygen atoms in total. The number of anilines is 2. The molecule has 0 saturated carbocycles. The van der Waals surface area contributed by atoms with Crippen LogP contribution in [0.15, 0.2) is 36.4 Å². The lowest BCUT2D eigenvalue weighted by Crippen LogP contribution is -2.18. The van der Waals surface area contributed by atoms with Gasteiger partial charge >= 0.3 is 0 Å². The van der Waals surface area contributed by atoms with Gasteiger partial charge < -0.3 is 0 Å². The molecular weight excluding hydrogens is 301 g/mol. The van der Waals surface area contributed by atoms with Crippen molar-refractivity contribution in [1.29, 1.82) is 0 Å². The Bertz CT molecular complexity index is 544. The normalized spacial score (nSPS) is 12.4. The fourth-order valence-corrected chi connectivity index (χ4v) is 3.51. The molecule has 1 atom stereocenters. The predicted octanol–water partition coefficient (Wildman–Crippen LogP) is 4.33. The van der Waals surface area contributed by atoms with Crippen LogP contribution in [0.1, 0.15) is 0 Å². The predicted molar refractivity (Wildman–Crippen MR) is 73.7 cm³/mol. The monoisotopic (exact) mass is 307 g/mol. The second kappa shape index (κ2) is 5.37. The number of halogens is 2. The number of para-hydroxylation sites is 1. The van der Waals surface area contributed by atoms with Gasteiger partial charge in [-0.15, -0.1) is 11.3 Å². The number of nitrogens with zero attached hydrogens (tertiary/aromatic N) is 1. The van der Waals surface area contributed by atoms with Crippen molar-refractivity contribution in [3.8, 4) is 0 Å². The first-order chi connectivity index (χ1) is 8.09. The summed E-state index contributed by atoms with van der Waals surface area (Å²) in [6.07, 6.45) is 0. The van der Waals surface area contributed by atoms with Crippen molar-refractivity contribution in [3.63, 3.8) is 0 Å². The maximum atomic E-state index is 11.4. The summed E-state index contributed by atoms with van der Waals surface area (Å²) in [7, 11) is 0. The molecule has 1 unspecified atom stereocenters. The average Bonchev–Trinajstić information content (AvgIpc) is 2.59. The highest BCUT2D eigenvalue weighted by Crippen LogP contribution is 2.41. The molecule has 1 aromatic carbocycles. The Balaban J connectivity index is 2.50. The number of benzene rings is 1. The minimum Gasteiger partial charge on any atom is -0.289 e. The summed E-state index contributed by atoms with van der Waals surface area (Å²) in [5.74, 6) is 0. The standard InChI is InChI=1S/C10H7Cl2NO2S2/c11-9-6-8(10(12)16-9)13(17(14)15)7-4-2-1-3-5-7/h1-6H,(H,14,15). The molecular formula is C10H7Cl2NO2S2. The van der Waals surface area contributed by atoms with Gasteiger partial charge in [0.1, 0.15) is 4.34 Å². The van der Waals surface area contributed by atoms with Crippen LogP contribution in [0.3, 0.4) is 0 Å². The van der Waals surface area contributed by atoms with Crippen molar-refractivity contribution < 1.29 is 8.76 Å². The van der Waals surface area contributed by atoms with E-state index in [-0.39, 0.29) is 0 Å². The molecule has 0 saturated heterocycles. The van der Waals surface area contributed by atoms with E-state index in [4.69, 9.17) is 23.2 Å². The van der Waals surface area contributed by atoms with E-state index in [1.807, 2.05) is 6.07 Å².